The van der Waals surface area contributed by atoms with Crippen molar-refractivity contribution in [2.75, 3.05) is 0 Å². The van der Waals surface area contributed by atoms with Gasteiger partial charge in [0.05, 0.1) is 0 Å². The predicted molar refractivity (Wildman–Crippen MR) is 53.6 cm³/mol. The molecule has 14 heavy (non-hydrogen) atoms. The fraction of sp³-hybridized carbons (Fsp3) is 0.250. The molecule has 1 aliphatic carbocycles. The standard InChI is InChI=1S/C12H11FO/c13-11-7-3-6-10(8-14)12(11)9-4-1-2-5-9/h3-4,6-8H,1-2,5H2. The zero-order valence-electron chi connectivity index (χ0n) is 7.79. The molecule has 0 saturated heterocycles. The van der Waals surface area contributed by atoms with E-state index in [-0.39, 0.29) is 5.82 Å². The quantitative estimate of drug-likeness (QED) is 0.654. The Morgan fingerprint density at radius 3 is 2.86 bits per heavy atom. The molecule has 0 unspecified atom stereocenters. The van der Waals surface area contributed by atoms with Gasteiger partial charge in [-0.15, -0.1) is 0 Å². The topological polar surface area (TPSA) is 17.1 Å². The number of rotatable bonds is 2. The summed E-state index contributed by atoms with van der Waals surface area (Å²) in [5.41, 5.74) is 1.93. The molecule has 0 fully saturated rings. The SMILES string of the molecule is O=Cc1cccc(F)c1C1=CCCC1. The van der Waals surface area contributed by atoms with Gasteiger partial charge < -0.3 is 0 Å². The minimum absolute atomic E-state index is 0.289. The number of allylic oxidation sites excluding steroid dienone is 2. The molecule has 0 heterocycles. The molecule has 0 amide bonds. The van der Waals surface area contributed by atoms with E-state index in [0.717, 1.165) is 31.1 Å². The molecule has 1 aromatic rings. The third kappa shape index (κ3) is 1.48. The van der Waals surface area contributed by atoms with E-state index in [4.69, 9.17) is 0 Å². The van der Waals surface area contributed by atoms with E-state index in [1.54, 1.807) is 12.1 Å². The zero-order chi connectivity index (χ0) is 9.97. The van der Waals surface area contributed by atoms with Gasteiger partial charge in [0.1, 0.15) is 5.82 Å². The minimum atomic E-state index is -0.289. The van der Waals surface area contributed by atoms with E-state index < -0.39 is 0 Å². The van der Waals surface area contributed by atoms with Crippen molar-refractivity contribution < 1.29 is 9.18 Å². The summed E-state index contributed by atoms with van der Waals surface area (Å²) in [6.45, 7) is 0. The number of halogens is 1. The summed E-state index contributed by atoms with van der Waals surface area (Å²) in [6, 6.07) is 4.63. The van der Waals surface area contributed by atoms with Crippen molar-refractivity contribution in [1.82, 2.24) is 0 Å². The molecule has 2 heteroatoms. The lowest BCUT2D eigenvalue weighted by atomic mass is 9.99. The van der Waals surface area contributed by atoms with Crippen LogP contribution in [0.4, 0.5) is 4.39 Å². The third-order valence-electron chi connectivity index (χ3n) is 2.53. The van der Waals surface area contributed by atoms with Crippen molar-refractivity contribution in [3.63, 3.8) is 0 Å². The molecule has 2 rings (SSSR count). The van der Waals surface area contributed by atoms with Crippen LogP contribution in [0.25, 0.3) is 5.57 Å². The molecular formula is C12H11FO. The average Bonchev–Trinajstić information content (AvgIpc) is 2.70. The van der Waals surface area contributed by atoms with Crippen molar-refractivity contribution in [2.24, 2.45) is 0 Å². The lowest BCUT2D eigenvalue weighted by molar-refractivity contribution is 0.112. The van der Waals surface area contributed by atoms with Crippen LogP contribution in [0, 0.1) is 5.82 Å². The van der Waals surface area contributed by atoms with Gasteiger partial charge in [-0.2, -0.15) is 0 Å². The van der Waals surface area contributed by atoms with Crippen molar-refractivity contribution >= 4 is 11.9 Å². The van der Waals surface area contributed by atoms with Gasteiger partial charge in [-0.25, -0.2) is 4.39 Å². The lowest BCUT2D eigenvalue weighted by Gasteiger charge is -2.06. The molecule has 0 bridgehead atoms. The highest BCUT2D eigenvalue weighted by atomic mass is 19.1. The first-order valence-electron chi connectivity index (χ1n) is 4.76. The van der Waals surface area contributed by atoms with E-state index in [1.165, 1.54) is 6.07 Å². The minimum Gasteiger partial charge on any atom is -0.298 e. The Hall–Kier alpha value is -1.44. The molecule has 0 N–H and O–H groups in total. The van der Waals surface area contributed by atoms with Crippen LogP contribution in [0.2, 0.25) is 0 Å². The van der Waals surface area contributed by atoms with Crippen LogP contribution in [0.3, 0.4) is 0 Å². The van der Waals surface area contributed by atoms with Gasteiger partial charge in [0.25, 0.3) is 0 Å². The molecule has 1 aromatic carbocycles. The number of aldehydes is 1. The summed E-state index contributed by atoms with van der Waals surface area (Å²) >= 11 is 0. The summed E-state index contributed by atoms with van der Waals surface area (Å²) < 4.78 is 13.5. The van der Waals surface area contributed by atoms with Crippen molar-refractivity contribution in [1.29, 1.82) is 0 Å². The number of benzene rings is 1. The summed E-state index contributed by atoms with van der Waals surface area (Å²) in [5.74, 6) is -0.289. The van der Waals surface area contributed by atoms with Crippen LogP contribution >= 0.6 is 0 Å². The number of hydrogen-bond donors (Lipinski definition) is 0. The maximum absolute atomic E-state index is 13.5. The number of hydrogen-bond acceptors (Lipinski definition) is 1. The fourth-order valence-corrected chi connectivity index (χ4v) is 1.88. The van der Waals surface area contributed by atoms with Crippen molar-refractivity contribution in [3.05, 3.63) is 41.2 Å². The highest BCUT2D eigenvalue weighted by molar-refractivity contribution is 5.86. The fourth-order valence-electron chi connectivity index (χ4n) is 1.88. The van der Waals surface area contributed by atoms with Crippen molar-refractivity contribution in [2.45, 2.75) is 19.3 Å². The Morgan fingerprint density at radius 1 is 1.36 bits per heavy atom. The second-order valence-electron chi connectivity index (χ2n) is 3.44. The molecule has 1 nitrogen and oxygen atoms in total. The predicted octanol–water partition coefficient (Wildman–Crippen LogP) is 3.21. The summed E-state index contributed by atoms with van der Waals surface area (Å²) in [6.07, 6.45) is 5.66. The first-order chi connectivity index (χ1) is 6.83. The smallest absolute Gasteiger partial charge is 0.150 e. The zero-order valence-corrected chi connectivity index (χ0v) is 7.79. The number of carbonyl (C=O) groups excluding carboxylic acids is 1. The molecular weight excluding hydrogens is 179 g/mol. The molecule has 0 atom stereocenters. The van der Waals surface area contributed by atoms with Gasteiger partial charge in [-0.05, 0) is 30.9 Å². The molecule has 0 aliphatic heterocycles. The van der Waals surface area contributed by atoms with Gasteiger partial charge in [0.2, 0.25) is 0 Å². The average molecular weight is 190 g/mol. The lowest BCUT2D eigenvalue weighted by Crippen LogP contribution is -1.94. The van der Waals surface area contributed by atoms with Crippen LogP contribution in [0.15, 0.2) is 24.3 Å². The van der Waals surface area contributed by atoms with E-state index in [9.17, 15) is 9.18 Å². The van der Waals surface area contributed by atoms with E-state index in [2.05, 4.69) is 0 Å². The molecule has 0 aromatic heterocycles. The van der Waals surface area contributed by atoms with Crippen LogP contribution in [0.5, 0.6) is 0 Å². The Morgan fingerprint density at radius 2 is 2.21 bits per heavy atom. The molecule has 1 aliphatic rings. The summed E-state index contributed by atoms with van der Waals surface area (Å²) in [7, 11) is 0. The Labute approximate surface area is 82.3 Å². The first-order valence-corrected chi connectivity index (χ1v) is 4.76. The van der Waals surface area contributed by atoms with Crippen LogP contribution in [-0.4, -0.2) is 6.29 Å². The van der Waals surface area contributed by atoms with E-state index in [1.807, 2.05) is 6.08 Å². The van der Waals surface area contributed by atoms with Gasteiger partial charge >= 0.3 is 0 Å². The first kappa shape index (κ1) is 9.13. The molecule has 0 saturated carbocycles. The Bertz CT molecular complexity index is 393. The maximum atomic E-state index is 13.5. The maximum Gasteiger partial charge on any atom is 0.150 e. The van der Waals surface area contributed by atoms with E-state index >= 15 is 0 Å². The molecule has 72 valence electrons. The monoisotopic (exact) mass is 190 g/mol. The van der Waals surface area contributed by atoms with Crippen molar-refractivity contribution in [3.8, 4) is 0 Å². The largest absolute Gasteiger partial charge is 0.298 e. The van der Waals surface area contributed by atoms with E-state index in [0.29, 0.717) is 11.1 Å². The Kier molecular flexibility index (Phi) is 2.44. The van der Waals surface area contributed by atoms with Gasteiger partial charge in [-0.3, -0.25) is 4.79 Å². The van der Waals surface area contributed by atoms with Gasteiger partial charge in [0, 0.05) is 11.1 Å². The second kappa shape index (κ2) is 3.74. The summed E-state index contributed by atoms with van der Waals surface area (Å²) in [5, 5.41) is 0. The normalized spacial score (nSPS) is 15.4. The third-order valence-corrected chi connectivity index (χ3v) is 2.53. The highest BCUT2D eigenvalue weighted by Gasteiger charge is 2.14. The second-order valence-corrected chi connectivity index (χ2v) is 3.44. The van der Waals surface area contributed by atoms with Crippen LogP contribution in [-0.2, 0) is 0 Å². The van der Waals surface area contributed by atoms with Crippen LogP contribution in [0.1, 0.15) is 35.2 Å². The highest BCUT2D eigenvalue weighted by Crippen LogP contribution is 2.31. The molecule has 0 radical (unpaired) electrons. The van der Waals surface area contributed by atoms with Gasteiger partial charge in [0.15, 0.2) is 6.29 Å². The van der Waals surface area contributed by atoms with Gasteiger partial charge in [-0.1, -0.05) is 18.2 Å². The Balaban J connectivity index is 2.54. The summed E-state index contributed by atoms with van der Waals surface area (Å²) in [4.78, 5) is 10.7. The number of carbonyl (C=O) groups is 1. The van der Waals surface area contributed by atoms with Crippen LogP contribution < -0.4 is 0 Å². The molecule has 0 spiro atoms.